The van der Waals surface area contributed by atoms with Crippen molar-refractivity contribution in [3.63, 3.8) is 0 Å². The van der Waals surface area contributed by atoms with Gasteiger partial charge in [-0.2, -0.15) is 12.6 Å². The SMILES string of the molecule is CN(C(=O)CC(O)[C@@H]1C[C@H](S)CN1C(=O)OCc1ccc([N+](=O)[O-])cc1)[C@H]1CCN(C(=O)OCc2ccc([N+](=O)[O-])cc2)C1. The van der Waals surface area contributed by atoms with Crippen molar-refractivity contribution in [3.8, 4) is 0 Å². The van der Waals surface area contributed by atoms with Crippen molar-refractivity contribution in [1.82, 2.24) is 14.7 Å². The van der Waals surface area contributed by atoms with Gasteiger partial charge in [-0.1, -0.05) is 0 Å². The number of hydrogen-bond donors (Lipinski definition) is 2. The number of nitrogens with zero attached hydrogens (tertiary/aromatic N) is 5. The van der Waals surface area contributed by atoms with Gasteiger partial charge in [-0.3, -0.25) is 25.0 Å². The van der Waals surface area contributed by atoms with E-state index in [4.69, 9.17) is 9.47 Å². The second kappa shape index (κ2) is 14.4. The fourth-order valence-corrected chi connectivity index (χ4v) is 5.59. The number of hydrogen-bond acceptors (Lipinski definition) is 11. The molecule has 44 heavy (non-hydrogen) atoms. The average Bonchev–Trinajstić information content (AvgIpc) is 3.66. The highest BCUT2D eigenvalue weighted by Crippen LogP contribution is 2.28. The van der Waals surface area contributed by atoms with E-state index in [1.807, 2.05) is 0 Å². The molecule has 0 aliphatic carbocycles. The molecule has 0 saturated carbocycles. The highest BCUT2D eigenvalue weighted by Gasteiger charge is 2.41. The van der Waals surface area contributed by atoms with E-state index in [0.29, 0.717) is 30.5 Å². The number of carbonyl (C=O) groups is 3. The molecule has 0 aromatic heterocycles. The maximum absolute atomic E-state index is 13.1. The number of non-ortho nitro benzene ring substituents is 2. The summed E-state index contributed by atoms with van der Waals surface area (Å²) < 4.78 is 10.7. The Morgan fingerprint density at radius 3 is 2.00 bits per heavy atom. The standard InChI is InChI=1S/C28H33N5O10S/c1-29(22-10-11-30(14-22)27(36)42-16-18-2-6-20(7-3-18)32(38)39)26(35)13-25(34)24-12-23(44)15-31(24)28(37)43-17-19-4-8-21(9-5-19)33(40)41/h2-9,22-25,34,44H,10-17H2,1H3/t22-,23-,24-,25?/m0/s1. The van der Waals surface area contributed by atoms with Crippen LogP contribution < -0.4 is 0 Å². The predicted octanol–water partition coefficient (Wildman–Crippen LogP) is 3.13. The molecule has 0 bridgehead atoms. The van der Waals surface area contributed by atoms with Crippen LogP contribution in [0.3, 0.4) is 0 Å². The summed E-state index contributed by atoms with van der Waals surface area (Å²) in [6, 6.07) is 10.3. The first kappa shape index (κ1) is 32.5. The largest absolute Gasteiger partial charge is 0.445 e. The van der Waals surface area contributed by atoms with Gasteiger partial charge in [-0.15, -0.1) is 0 Å². The Morgan fingerprint density at radius 1 is 0.955 bits per heavy atom. The van der Waals surface area contributed by atoms with Crippen LogP contribution in [0.4, 0.5) is 21.0 Å². The zero-order chi connectivity index (χ0) is 32.0. The zero-order valence-electron chi connectivity index (χ0n) is 23.9. The topological polar surface area (TPSA) is 186 Å². The number of thiol groups is 1. The first-order chi connectivity index (χ1) is 20.9. The third-order valence-corrected chi connectivity index (χ3v) is 8.14. The van der Waals surface area contributed by atoms with Crippen LogP contribution in [0.1, 0.15) is 30.4 Å². The molecule has 2 heterocycles. The number of rotatable bonds is 10. The van der Waals surface area contributed by atoms with E-state index >= 15 is 0 Å². The number of carbonyl (C=O) groups excluding carboxylic acids is 3. The van der Waals surface area contributed by atoms with E-state index < -0.39 is 34.2 Å². The third-order valence-electron chi connectivity index (χ3n) is 7.77. The van der Waals surface area contributed by atoms with Gasteiger partial charge in [0.1, 0.15) is 13.2 Å². The van der Waals surface area contributed by atoms with Crippen LogP contribution in [0, 0.1) is 20.2 Å². The van der Waals surface area contributed by atoms with Gasteiger partial charge in [-0.05, 0) is 48.2 Å². The summed E-state index contributed by atoms with van der Waals surface area (Å²) in [7, 11) is 1.59. The molecular formula is C28H33N5O10S. The summed E-state index contributed by atoms with van der Waals surface area (Å²) in [6.45, 7) is 0.638. The van der Waals surface area contributed by atoms with Crippen molar-refractivity contribution in [2.45, 2.75) is 55.9 Å². The molecule has 2 saturated heterocycles. The second-order valence-electron chi connectivity index (χ2n) is 10.7. The minimum absolute atomic E-state index is 0.0563. The molecule has 2 aromatic rings. The molecule has 16 heteroatoms. The molecule has 0 spiro atoms. The fourth-order valence-electron chi connectivity index (χ4n) is 5.20. The lowest BCUT2D eigenvalue weighted by Gasteiger charge is -2.30. The number of amides is 3. The lowest BCUT2D eigenvalue weighted by atomic mass is 10.0. The van der Waals surface area contributed by atoms with Crippen LogP contribution >= 0.6 is 12.6 Å². The molecular weight excluding hydrogens is 598 g/mol. The number of aliphatic hydroxyl groups is 1. The van der Waals surface area contributed by atoms with Crippen LogP contribution in [-0.4, -0.2) is 97.9 Å². The molecule has 4 rings (SSSR count). The van der Waals surface area contributed by atoms with Gasteiger partial charge in [-0.25, -0.2) is 9.59 Å². The smallest absolute Gasteiger partial charge is 0.410 e. The summed E-state index contributed by atoms with van der Waals surface area (Å²) in [5, 5.41) is 32.4. The number of likely N-dealkylation sites (tertiary alicyclic amines) is 2. The van der Waals surface area contributed by atoms with Gasteiger partial charge < -0.3 is 29.3 Å². The minimum atomic E-state index is -1.18. The van der Waals surface area contributed by atoms with Crippen molar-refractivity contribution in [3.05, 3.63) is 79.9 Å². The van der Waals surface area contributed by atoms with Gasteiger partial charge >= 0.3 is 12.2 Å². The van der Waals surface area contributed by atoms with Gasteiger partial charge in [0.05, 0.1) is 34.5 Å². The van der Waals surface area contributed by atoms with Gasteiger partial charge in [0.2, 0.25) is 5.91 Å². The molecule has 2 fully saturated rings. The van der Waals surface area contributed by atoms with Gasteiger partial charge in [0.25, 0.3) is 11.4 Å². The van der Waals surface area contributed by atoms with Crippen molar-refractivity contribution in [2.75, 3.05) is 26.7 Å². The van der Waals surface area contributed by atoms with Gasteiger partial charge in [0, 0.05) is 56.2 Å². The van der Waals surface area contributed by atoms with Crippen molar-refractivity contribution in [1.29, 1.82) is 0 Å². The summed E-state index contributed by atoms with van der Waals surface area (Å²) >= 11 is 4.46. The first-order valence-corrected chi connectivity index (χ1v) is 14.4. The predicted molar refractivity (Wildman–Crippen MR) is 158 cm³/mol. The number of aliphatic hydroxyl groups excluding tert-OH is 1. The molecule has 2 aromatic carbocycles. The minimum Gasteiger partial charge on any atom is -0.445 e. The lowest BCUT2D eigenvalue weighted by molar-refractivity contribution is -0.385. The number of likely N-dealkylation sites (N-methyl/N-ethyl adjacent to an activating group) is 1. The maximum atomic E-state index is 13.1. The lowest BCUT2D eigenvalue weighted by Crippen LogP contribution is -2.46. The molecule has 4 atom stereocenters. The zero-order valence-corrected chi connectivity index (χ0v) is 24.8. The van der Waals surface area contributed by atoms with E-state index in [1.54, 1.807) is 7.05 Å². The molecule has 1 N–H and O–H groups in total. The Balaban J connectivity index is 1.24. The summed E-state index contributed by atoms with van der Waals surface area (Å²) in [5.74, 6) is -0.356. The Bertz CT molecular complexity index is 1380. The highest BCUT2D eigenvalue weighted by atomic mass is 32.1. The van der Waals surface area contributed by atoms with Crippen LogP contribution in [-0.2, 0) is 27.5 Å². The van der Waals surface area contributed by atoms with E-state index in [2.05, 4.69) is 12.6 Å². The van der Waals surface area contributed by atoms with Crippen LogP contribution in [0.5, 0.6) is 0 Å². The van der Waals surface area contributed by atoms with Crippen molar-refractivity contribution in [2.24, 2.45) is 0 Å². The highest BCUT2D eigenvalue weighted by molar-refractivity contribution is 7.81. The molecule has 1 unspecified atom stereocenters. The fraction of sp³-hybridized carbons (Fsp3) is 0.464. The summed E-state index contributed by atoms with van der Waals surface area (Å²) in [4.78, 5) is 63.4. The third kappa shape index (κ3) is 8.13. The number of nitro benzene ring substituents is 2. The number of benzene rings is 2. The molecule has 3 amide bonds. The average molecular weight is 632 g/mol. The van der Waals surface area contributed by atoms with Gasteiger partial charge in [0.15, 0.2) is 0 Å². The van der Waals surface area contributed by atoms with E-state index in [1.165, 1.54) is 63.2 Å². The van der Waals surface area contributed by atoms with E-state index in [9.17, 15) is 39.7 Å². The monoisotopic (exact) mass is 631 g/mol. The quantitative estimate of drug-likeness (QED) is 0.224. The van der Waals surface area contributed by atoms with Crippen molar-refractivity contribution >= 4 is 42.1 Å². The molecule has 2 aliphatic rings. The Labute approximate surface area is 258 Å². The Kier molecular flexibility index (Phi) is 10.6. The normalized spacial score (nSPS) is 20.2. The molecule has 0 radical (unpaired) electrons. The first-order valence-electron chi connectivity index (χ1n) is 13.9. The summed E-state index contributed by atoms with van der Waals surface area (Å²) in [6.07, 6.45) is -1.84. The number of ether oxygens (including phenoxy) is 2. The summed E-state index contributed by atoms with van der Waals surface area (Å²) in [5.41, 5.74) is 1.01. The van der Waals surface area contributed by atoms with E-state index in [0.717, 1.165) is 0 Å². The number of nitro groups is 2. The second-order valence-corrected chi connectivity index (χ2v) is 11.5. The van der Waals surface area contributed by atoms with E-state index in [-0.39, 0.29) is 61.3 Å². The Morgan fingerprint density at radius 2 is 1.48 bits per heavy atom. The van der Waals surface area contributed by atoms with Crippen LogP contribution in [0.2, 0.25) is 0 Å². The van der Waals surface area contributed by atoms with Crippen molar-refractivity contribution < 1.29 is 38.8 Å². The maximum Gasteiger partial charge on any atom is 0.410 e. The van der Waals surface area contributed by atoms with Crippen LogP contribution in [0.15, 0.2) is 48.5 Å². The molecule has 2 aliphatic heterocycles. The molecule has 15 nitrogen and oxygen atoms in total. The van der Waals surface area contributed by atoms with Crippen LogP contribution in [0.25, 0.3) is 0 Å². The Hall–Kier alpha value is -4.44. The molecule has 236 valence electrons.